The maximum atomic E-state index is 10.9. The Bertz CT molecular complexity index is 965. The topological polar surface area (TPSA) is 81.8 Å². The molecule has 6 nitrogen and oxygen atoms in total. The molecule has 1 heterocycles. The van der Waals surface area contributed by atoms with Crippen LogP contribution in [0.3, 0.4) is 0 Å². The van der Waals surface area contributed by atoms with Gasteiger partial charge in [0.05, 0.1) is 18.9 Å². The molecule has 3 rings (SSSR count). The largest absolute Gasteiger partial charge is 0.493 e. The van der Waals surface area contributed by atoms with Crippen LogP contribution in [0, 0.1) is 6.92 Å². The number of rotatable bonds is 11. The zero-order valence-electron chi connectivity index (χ0n) is 17.4. The van der Waals surface area contributed by atoms with Crippen LogP contribution in [-0.4, -0.2) is 29.3 Å². The Morgan fingerprint density at radius 3 is 2.63 bits per heavy atom. The molecule has 0 unspecified atom stereocenters. The van der Waals surface area contributed by atoms with E-state index in [-0.39, 0.29) is 6.42 Å². The molecule has 0 aliphatic carbocycles. The molecule has 0 amide bonds. The van der Waals surface area contributed by atoms with Crippen molar-refractivity contribution in [1.82, 2.24) is 4.98 Å². The number of hydrogen-bond acceptors (Lipinski definition) is 5. The van der Waals surface area contributed by atoms with Crippen molar-refractivity contribution in [3.8, 4) is 17.2 Å². The van der Waals surface area contributed by atoms with E-state index in [0.717, 1.165) is 33.9 Å². The van der Waals surface area contributed by atoms with Crippen molar-refractivity contribution < 1.29 is 23.8 Å². The van der Waals surface area contributed by atoms with Gasteiger partial charge in [0.1, 0.15) is 11.5 Å². The number of carboxylic acids is 1. The molecular formula is C24H27NO5. The summed E-state index contributed by atoms with van der Waals surface area (Å²) in [7, 11) is 0. The average molecular weight is 409 g/mol. The molecule has 0 aliphatic heterocycles. The number of oxazole rings is 1. The van der Waals surface area contributed by atoms with E-state index in [2.05, 4.69) is 4.98 Å². The van der Waals surface area contributed by atoms with E-state index < -0.39 is 5.97 Å². The van der Waals surface area contributed by atoms with E-state index in [1.165, 1.54) is 0 Å². The smallest absolute Gasteiger partial charge is 0.303 e. The summed E-state index contributed by atoms with van der Waals surface area (Å²) in [4.78, 5) is 15.5. The molecular weight excluding hydrogens is 382 g/mol. The van der Waals surface area contributed by atoms with E-state index in [1.54, 1.807) is 0 Å². The van der Waals surface area contributed by atoms with Gasteiger partial charge in [0, 0.05) is 25.0 Å². The minimum absolute atomic E-state index is 0.0918. The third-order valence-corrected chi connectivity index (χ3v) is 4.77. The molecule has 2 aromatic carbocycles. The molecule has 0 spiro atoms. The minimum atomic E-state index is -0.810. The summed E-state index contributed by atoms with van der Waals surface area (Å²) >= 11 is 0. The first-order chi connectivity index (χ1) is 14.6. The fourth-order valence-electron chi connectivity index (χ4n) is 3.15. The van der Waals surface area contributed by atoms with Crippen molar-refractivity contribution in [2.45, 2.75) is 39.7 Å². The first kappa shape index (κ1) is 21.6. The lowest BCUT2D eigenvalue weighted by Crippen LogP contribution is -2.05. The molecule has 0 saturated heterocycles. The second kappa shape index (κ2) is 10.6. The number of carboxylic acid groups (broad SMARTS) is 1. The van der Waals surface area contributed by atoms with Crippen LogP contribution in [0.15, 0.2) is 52.9 Å². The van der Waals surface area contributed by atoms with Crippen LogP contribution in [0.1, 0.15) is 35.9 Å². The minimum Gasteiger partial charge on any atom is -0.493 e. The number of carbonyl (C=O) groups is 1. The van der Waals surface area contributed by atoms with Crippen molar-refractivity contribution in [2.75, 3.05) is 13.2 Å². The van der Waals surface area contributed by atoms with E-state index in [0.29, 0.717) is 38.6 Å². The number of aryl methyl sites for hydroxylation is 2. The first-order valence-corrected chi connectivity index (χ1v) is 10.1. The van der Waals surface area contributed by atoms with Crippen LogP contribution in [0.4, 0.5) is 0 Å². The predicted octanol–water partition coefficient (Wildman–Crippen LogP) is 4.83. The Morgan fingerprint density at radius 2 is 1.90 bits per heavy atom. The van der Waals surface area contributed by atoms with Crippen LogP contribution < -0.4 is 4.74 Å². The van der Waals surface area contributed by atoms with Crippen LogP contribution >= 0.6 is 0 Å². The zero-order chi connectivity index (χ0) is 21.3. The van der Waals surface area contributed by atoms with Gasteiger partial charge in [-0.2, -0.15) is 0 Å². The standard InChI is InChI=1S/C24H27NO5/c1-3-28-16-20-15-21(11-9-18(20)10-12-23(26)27)29-14-13-22-17(2)30-24(25-22)19-7-5-4-6-8-19/h4-9,11,15H,3,10,12-14,16H2,1-2H3,(H,26,27). The Hall–Kier alpha value is -3.12. The molecule has 0 aliphatic rings. The summed E-state index contributed by atoms with van der Waals surface area (Å²) in [5.74, 6) is 1.33. The summed E-state index contributed by atoms with van der Waals surface area (Å²) in [5.41, 5.74) is 3.75. The van der Waals surface area contributed by atoms with Crippen LogP contribution in [0.2, 0.25) is 0 Å². The Labute approximate surface area is 176 Å². The third-order valence-electron chi connectivity index (χ3n) is 4.77. The normalized spacial score (nSPS) is 10.9. The summed E-state index contributed by atoms with van der Waals surface area (Å²) in [6, 6.07) is 15.5. The van der Waals surface area contributed by atoms with Crippen molar-refractivity contribution in [3.63, 3.8) is 0 Å². The van der Waals surface area contributed by atoms with Gasteiger partial charge in [0.25, 0.3) is 0 Å². The molecule has 0 radical (unpaired) electrons. The van der Waals surface area contributed by atoms with E-state index in [1.807, 2.05) is 62.4 Å². The maximum Gasteiger partial charge on any atom is 0.303 e. The zero-order valence-corrected chi connectivity index (χ0v) is 17.4. The average Bonchev–Trinajstić information content (AvgIpc) is 3.12. The van der Waals surface area contributed by atoms with Gasteiger partial charge in [-0.1, -0.05) is 24.3 Å². The lowest BCUT2D eigenvalue weighted by atomic mass is 10.0. The van der Waals surface area contributed by atoms with Gasteiger partial charge >= 0.3 is 5.97 Å². The van der Waals surface area contributed by atoms with Crippen molar-refractivity contribution in [2.24, 2.45) is 0 Å². The maximum absolute atomic E-state index is 10.9. The second-order valence-corrected chi connectivity index (χ2v) is 6.95. The quantitative estimate of drug-likeness (QED) is 0.489. The van der Waals surface area contributed by atoms with E-state index in [4.69, 9.17) is 19.0 Å². The van der Waals surface area contributed by atoms with Crippen molar-refractivity contribution >= 4 is 5.97 Å². The Morgan fingerprint density at radius 1 is 1.10 bits per heavy atom. The molecule has 158 valence electrons. The molecule has 3 aromatic rings. The Balaban J connectivity index is 1.62. The van der Waals surface area contributed by atoms with Crippen LogP contribution in [0.25, 0.3) is 11.5 Å². The molecule has 0 fully saturated rings. The highest BCUT2D eigenvalue weighted by Gasteiger charge is 2.12. The third kappa shape index (κ3) is 5.94. The first-order valence-electron chi connectivity index (χ1n) is 10.1. The highest BCUT2D eigenvalue weighted by Crippen LogP contribution is 2.23. The van der Waals surface area contributed by atoms with E-state index >= 15 is 0 Å². The molecule has 0 atom stereocenters. The van der Waals surface area contributed by atoms with E-state index in [9.17, 15) is 4.79 Å². The van der Waals surface area contributed by atoms with Crippen molar-refractivity contribution in [1.29, 1.82) is 0 Å². The van der Waals surface area contributed by atoms with Gasteiger partial charge in [0.15, 0.2) is 0 Å². The molecule has 0 saturated carbocycles. The van der Waals surface area contributed by atoms with Gasteiger partial charge in [-0.25, -0.2) is 4.98 Å². The number of hydrogen-bond donors (Lipinski definition) is 1. The summed E-state index contributed by atoms with van der Waals surface area (Å²) < 4.78 is 17.3. The highest BCUT2D eigenvalue weighted by atomic mass is 16.5. The van der Waals surface area contributed by atoms with Crippen molar-refractivity contribution in [3.05, 3.63) is 71.1 Å². The van der Waals surface area contributed by atoms with Gasteiger partial charge in [-0.3, -0.25) is 4.79 Å². The lowest BCUT2D eigenvalue weighted by Gasteiger charge is -2.12. The number of benzene rings is 2. The number of aromatic nitrogens is 1. The van der Waals surface area contributed by atoms with Gasteiger partial charge in [-0.05, 0) is 55.7 Å². The van der Waals surface area contributed by atoms with Crippen LogP contribution in [-0.2, 0) is 29.0 Å². The number of nitrogens with zero attached hydrogens (tertiary/aromatic N) is 1. The fraction of sp³-hybridized carbons (Fsp3) is 0.333. The predicted molar refractivity (Wildman–Crippen MR) is 114 cm³/mol. The number of aliphatic carboxylic acids is 1. The van der Waals surface area contributed by atoms with Gasteiger partial charge < -0.3 is 19.0 Å². The summed E-state index contributed by atoms with van der Waals surface area (Å²) in [6.45, 7) is 5.34. The Kier molecular flexibility index (Phi) is 7.63. The summed E-state index contributed by atoms with van der Waals surface area (Å²) in [5, 5.41) is 8.95. The van der Waals surface area contributed by atoms with Gasteiger partial charge in [0.2, 0.25) is 5.89 Å². The molecule has 30 heavy (non-hydrogen) atoms. The summed E-state index contributed by atoms with van der Waals surface area (Å²) in [6.07, 6.45) is 1.19. The lowest BCUT2D eigenvalue weighted by molar-refractivity contribution is -0.136. The molecule has 1 N–H and O–H groups in total. The number of ether oxygens (including phenoxy) is 2. The van der Waals surface area contributed by atoms with Crippen LogP contribution in [0.5, 0.6) is 5.75 Å². The molecule has 1 aromatic heterocycles. The monoisotopic (exact) mass is 409 g/mol. The fourth-order valence-corrected chi connectivity index (χ4v) is 3.15. The molecule has 6 heteroatoms. The van der Waals surface area contributed by atoms with Gasteiger partial charge in [-0.15, -0.1) is 0 Å². The SMILES string of the molecule is CCOCc1cc(OCCc2nc(-c3ccccc3)oc2C)ccc1CCC(=O)O. The molecule has 0 bridgehead atoms. The second-order valence-electron chi connectivity index (χ2n) is 6.95. The highest BCUT2D eigenvalue weighted by molar-refractivity contribution is 5.67.